The molecule has 1 rings (SSSR count). The summed E-state index contributed by atoms with van der Waals surface area (Å²) in [4.78, 5) is 2.30. The van der Waals surface area contributed by atoms with E-state index in [-0.39, 0.29) is 12.6 Å². The Kier molecular flexibility index (Phi) is 6.16. The summed E-state index contributed by atoms with van der Waals surface area (Å²) in [5.41, 5.74) is 8.40. The summed E-state index contributed by atoms with van der Waals surface area (Å²) in [7, 11) is 0. The van der Waals surface area contributed by atoms with Gasteiger partial charge in [-0.3, -0.25) is 0 Å². The molecule has 0 bridgehead atoms. The molecule has 1 atom stereocenters. The van der Waals surface area contributed by atoms with Crippen LogP contribution in [-0.2, 0) is 0 Å². The fourth-order valence-electron chi connectivity index (χ4n) is 2.08. The van der Waals surface area contributed by atoms with Gasteiger partial charge in [-0.05, 0) is 44.4 Å². The second kappa shape index (κ2) is 7.39. The van der Waals surface area contributed by atoms with E-state index in [9.17, 15) is 0 Å². The van der Waals surface area contributed by atoms with Crippen LogP contribution in [0.5, 0.6) is 0 Å². The second-order valence-electron chi connectivity index (χ2n) is 4.97. The molecule has 1 aromatic carbocycles. The number of hydrogen-bond acceptors (Lipinski definition) is 3. The molecule has 3 nitrogen and oxygen atoms in total. The highest BCUT2D eigenvalue weighted by Gasteiger charge is 2.10. The van der Waals surface area contributed by atoms with Gasteiger partial charge in [-0.25, -0.2) is 0 Å². The summed E-state index contributed by atoms with van der Waals surface area (Å²) in [5.74, 6) is 0. The van der Waals surface area contributed by atoms with Gasteiger partial charge in [0.2, 0.25) is 0 Å². The summed E-state index contributed by atoms with van der Waals surface area (Å²) in [5, 5.41) is 8.95. The first-order chi connectivity index (χ1) is 8.60. The average Bonchev–Trinajstić information content (AvgIpc) is 2.38. The molecule has 0 fully saturated rings. The second-order valence-corrected chi connectivity index (χ2v) is 4.97. The minimum atomic E-state index is 0.129. The SMILES string of the molecule is CC[C@@H](N)c1ccc(N(CCCO)C(C)C)cc1. The molecule has 1 aromatic rings. The van der Waals surface area contributed by atoms with Crippen LogP contribution >= 0.6 is 0 Å². The fourth-order valence-corrected chi connectivity index (χ4v) is 2.08. The van der Waals surface area contributed by atoms with Crippen molar-refractivity contribution < 1.29 is 5.11 Å². The Morgan fingerprint density at radius 2 is 1.83 bits per heavy atom. The van der Waals surface area contributed by atoms with Gasteiger partial charge in [-0.1, -0.05) is 19.1 Å². The third kappa shape index (κ3) is 4.00. The number of benzene rings is 1. The van der Waals surface area contributed by atoms with E-state index < -0.39 is 0 Å². The predicted molar refractivity (Wildman–Crippen MR) is 77.8 cm³/mol. The predicted octanol–water partition coefficient (Wildman–Crippen LogP) is 2.69. The quantitative estimate of drug-likeness (QED) is 0.782. The lowest BCUT2D eigenvalue weighted by atomic mass is 10.0. The van der Waals surface area contributed by atoms with E-state index in [0.29, 0.717) is 6.04 Å². The van der Waals surface area contributed by atoms with Crippen LogP contribution in [0.2, 0.25) is 0 Å². The van der Waals surface area contributed by atoms with Crippen molar-refractivity contribution in [3.8, 4) is 0 Å². The van der Waals surface area contributed by atoms with Crippen LogP contribution in [0.4, 0.5) is 5.69 Å². The molecule has 0 radical (unpaired) electrons. The van der Waals surface area contributed by atoms with Gasteiger partial charge in [0.05, 0.1) is 0 Å². The van der Waals surface area contributed by atoms with E-state index in [2.05, 4.69) is 49.9 Å². The van der Waals surface area contributed by atoms with Crippen molar-refractivity contribution in [3.05, 3.63) is 29.8 Å². The molecule has 3 N–H and O–H groups in total. The highest BCUT2D eigenvalue weighted by molar-refractivity contribution is 5.48. The topological polar surface area (TPSA) is 49.5 Å². The van der Waals surface area contributed by atoms with Crippen molar-refractivity contribution in [2.24, 2.45) is 5.73 Å². The van der Waals surface area contributed by atoms with Crippen molar-refractivity contribution in [3.63, 3.8) is 0 Å². The van der Waals surface area contributed by atoms with Crippen LogP contribution in [-0.4, -0.2) is 24.3 Å². The number of nitrogens with two attached hydrogens (primary N) is 1. The molecule has 0 heterocycles. The van der Waals surface area contributed by atoms with Crippen molar-refractivity contribution in [1.82, 2.24) is 0 Å². The molecular weight excluding hydrogens is 224 g/mol. The molecule has 0 amide bonds. The number of aliphatic hydroxyl groups is 1. The van der Waals surface area contributed by atoms with Crippen molar-refractivity contribution in [1.29, 1.82) is 0 Å². The van der Waals surface area contributed by atoms with Gasteiger partial charge in [-0.15, -0.1) is 0 Å². The van der Waals surface area contributed by atoms with Crippen LogP contribution < -0.4 is 10.6 Å². The number of aliphatic hydroxyl groups excluding tert-OH is 1. The third-order valence-electron chi connectivity index (χ3n) is 3.27. The van der Waals surface area contributed by atoms with E-state index in [1.54, 1.807) is 0 Å². The average molecular weight is 250 g/mol. The number of nitrogens with zero attached hydrogens (tertiary/aromatic N) is 1. The molecule has 0 saturated carbocycles. The van der Waals surface area contributed by atoms with Gasteiger partial charge in [0.15, 0.2) is 0 Å². The summed E-state index contributed by atoms with van der Waals surface area (Å²) in [6.45, 7) is 7.56. The molecule has 102 valence electrons. The van der Waals surface area contributed by atoms with Gasteiger partial charge in [0.25, 0.3) is 0 Å². The van der Waals surface area contributed by atoms with Gasteiger partial charge in [0.1, 0.15) is 0 Å². The minimum Gasteiger partial charge on any atom is -0.396 e. The lowest BCUT2D eigenvalue weighted by Crippen LogP contribution is -2.32. The molecule has 3 heteroatoms. The smallest absolute Gasteiger partial charge is 0.0447 e. The maximum atomic E-state index is 8.95. The Hall–Kier alpha value is -1.06. The molecule has 0 aliphatic carbocycles. The Labute approximate surface area is 111 Å². The lowest BCUT2D eigenvalue weighted by Gasteiger charge is -2.29. The monoisotopic (exact) mass is 250 g/mol. The van der Waals surface area contributed by atoms with Gasteiger partial charge in [0, 0.05) is 30.9 Å². The maximum absolute atomic E-state index is 8.95. The summed E-state index contributed by atoms with van der Waals surface area (Å²) in [6.07, 6.45) is 1.76. The molecule has 18 heavy (non-hydrogen) atoms. The number of hydrogen-bond donors (Lipinski definition) is 2. The number of anilines is 1. The lowest BCUT2D eigenvalue weighted by molar-refractivity contribution is 0.288. The van der Waals surface area contributed by atoms with Crippen LogP contribution in [0.25, 0.3) is 0 Å². The summed E-state index contributed by atoms with van der Waals surface area (Å²) < 4.78 is 0. The first-order valence-corrected chi connectivity index (χ1v) is 6.83. The van der Waals surface area contributed by atoms with Crippen LogP contribution in [0.1, 0.15) is 45.2 Å². The van der Waals surface area contributed by atoms with Gasteiger partial charge < -0.3 is 15.7 Å². The zero-order chi connectivity index (χ0) is 13.5. The molecule has 0 aliphatic heterocycles. The highest BCUT2D eigenvalue weighted by Crippen LogP contribution is 2.21. The summed E-state index contributed by atoms with van der Waals surface area (Å²) >= 11 is 0. The zero-order valence-corrected chi connectivity index (χ0v) is 11.8. The Bertz CT molecular complexity index is 335. The highest BCUT2D eigenvalue weighted by atomic mass is 16.3. The Morgan fingerprint density at radius 3 is 2.28 bits per heavy atom. The van der Waals surface area contributed by atoms with Crippen molar-refractivity contribution in [2.45, 2.75) is 45.7 Å². The summed E-state index contributed by atoms with van der Waals surface area (Å²) in [6, 6.07) is 9.03. The largest absolute Gasteiger partial charge is 0.396 e. The molecule has 0 unspecified atom stereocenters. The molecular formula is C15H26N2O. The Morgan fingerprint density at radius 1 is 1.22 bits per heavy atom. The third-order valence-corrected chi connectivity index (χ3v) is 3.27. The van der Waals surface area contributed by atoms with Crippen LogP contribution in [0.15, 0.2) is 24.3 Å². The van der Waals surface area contributed by atoms with Crippen LogP contribution in [0, 0.1) is 0 Å². The van der Waals surface area contributed by atoms with E-state index >= 15 is 0 Å². The van der Waals surface area contributed by atoms with E-state index in [0.717, 1.165) is 19.4 Å². The standard InChI is InChI=1S/C15H26N2O/c1-4-15(16)13-6-8-14(9-7-13)17(12(2)3)10-5-11-18/h6-9,12,15,18H,4-5,10-11,16H2,1-3H3/t15-/m1/s1. The van der Waals surface area contributed by atoms with E-state index in [4.69, 9.17) is 10.8 Å². The molecule has 0 aliphatic rings. The first-order valence-electron chi connectivity index (χ1n) is 6.83. The van der Waals surface area contributed by atoms with Gasteiger partial charge in [-0.2, -0.15) is 0 Å². The van der Waals surface area contributed by atoms with Crippen molar-refractivity contribution >= 4 is 5.69 Å². The number of rotatable bonds is 7. The first kappa shape index (κ1) is 15.0. The maximum Gasteiger partial charge on any atom is 0.0447 e. The van der Waals surface area contributed by atoms with Crippen molar-refractivity contribution in [2.75, 3.05) is 18.1 Å². The van der Waals surface area contributed by atoms with Gasteiger partial charge >= 0.3 is 0 Å². The van der Waals surface area contributed by atoms with E-state index in [1.165, 1.54) is 11.3 Å². The van der Waals surface area contributed by atoms with Crippen LogP contribution in [0.3, 0.4) is 0 Å². The molecule has 0 aromatic heterocycles. The minimum absolute atomic E-state index is 0.129. The molecule has 0 saturated heterocycles. The van der Waals surface area contributed by atoms with E-state index in [1.807, 2.05) is 0 Å². The Balaban J connectivity index is 2.80. The normalized spacial score (nSPS) is 12.8. The molecule has 0 spiro atoms. The fraction of sp³-hybridized carbons (Fsp3) is 0.600. The zero-order valence-electron chi connectivity index (χ0n) is 11.8.